The van der Waals surface area contributed by atoms with Crippen molar-refractivity contribution in [3.8, 4) is 0 Å². The minimum absolute atomic E-state index is 0.0297. The molecule has 0 fully saturated rings. The molecule has 0 spiro atoms. The molecule has 0 saturated carbocycles. The van der Waals surface area contributed by atoms with Gasteiger partial charge in [-0.15, -0.1) is 0 Å². The monoisotopic (exact) mass is 162 g/mol. The van der Waals surface area contributed by atoms with Crippen LogP contribution in [0.5, 0.6) is 0 Å². The van der Waals surface area contributed by atoms with E-state index in [1.54, 1.807) is 0 Å². The molecule has 1 nitrogen and oxygen atoms in total. The number of Topliss-reactive ketones (excluding diaryl/α,β-unsaturated/α-hetero) is 1. The molecule has 64 valence electrons. The first-order valence-corrected chi connectivity index (χ1v) is 3.64. The lowest BCUT2D eigenvalue weighted by molar-refractivity contribution is -0.115. The molecule has 0 amide bonds. The number of carbonyl (C=O) groups is 1. The van der Waals surface area contributed by atoms with Crippen LogP contribution in [0.25, 0.3) is 0 Å². The number of carbonyl (C=O) groups excluding carboxylic acids is 1. The fraction of sp³-hybridized carbons (Fsp3) is 0.625. The molecule has 0 aromatic rings. The summed E-state index contributed by atoms with van der Waals surface area (Å²) in [5.74, 6) is -2.98. The van der Waals surface area contributed by atoms with E-state index in [1.807, 2.05) is 6.92 Å². The van der Waals surface area contributed by atoms with Gasteiger partial charge in [0.25, 0.3) is 0 Å². The van der Waals surface area contributed by atoms with E-state index in [-0.39, 0.29) is 6.42 Å². The lowest BCUT2D eigenvalue weighted by Crippen LogP contribution is -1.93. The molecule has 0 heterocycles. The molecular weight excluding hydrogens is 150 g/mol. The molecule has 0 N–H and O–H groups in total. The summed E-state index contributed by atoms with van der Waals surface area (Å²) in [6.45, 7) is 2.89. The van der Waals surface area contributed by atoms with Crippen molar-refractivity contribution in [1.82, 2.24) is 0 Å². The van der Waals surface area contributed by atoms with Gasteiger partial charge in [-0.05, 0) is 6.42 Å². The van der Waals surface area contributed by atoms with E-state index in [4.69, 9.17) is 0 Å². The van der Waals surface area contributed by atoms with Crippen molar-refractivity contribution < 1.29 is 13.6 Å². The van der Waals surface area contributed by atoms with Gasteiger partial charge in [-0.3, -0.25) is 4.79 Å². The summed E-state index contributed by atoms with van der Waals surface area (Å²) in [6, 6.07) is 0. The van der Waals surface area contributed by atoms with Gasteiger partial charge in [0.05, 0.1) is 0 Å². The normalized spacial score (nSPS) is 12.7. The Morgan fingerprint density at radius 3 is 2.27 bits per heavy atom. The van der Waals surface area contributed by atoms with Crippen LogP contribution in [0, 0.1) is 0 Å². The van der Waals surface area contributed by atoms with E-state index in [0.717, 1.165) is 13.3 Å². The van der Waals surface area contributed by atoms with E-state index in [2.05, 4.69) is 0 Å². The van der Waals surface area contributed by atoms with Gasteiger partial charge in [0.15, 0.2) is 11.6 Å². The summed E-state index contributed by atoms with van der Waals surface area (Å²) in [6.07, 6.45) is 1.40. The topological polar surface area (TPSA) is 17.1 Å². The smallest absolute Gasteiger partial charge is 0.197 e. The van der Waals surface area contributed by atoms with E-state index in [0.29, 0.717) is 6.42 Å². The highest BCUT2D eigenvalue weighted by Crippen LogP contribution is 2.15. The second-order valence-corrected chi connectivity index (χ2v) is 2.38. The van der Waals surface area contributed by atoms with Gasteiger partial charge in [0.2, 0.25) is 0 Å². The summed E-state index contributed by atoms with van der Waals surface area (Å²) < 4.78 is 24.9. The van der Waals surface area contributed by atoms with Gasteiger partial charge in [0.1, 0.15) is 5.83 Å². The predicted octanol–water partition coefficient (Wildman–Crippen LogP) is 2.92. The Morgan fingerprint density at radius 2 is 1.91 bits per heavy atom. The van der Waals surface area contributed by atoms with Crippen LogP contribution in [0.4, 0.5) is 8.78 Å². The van der Waals surface area contributed by atoms with Gasteiger partial charge < -0.3 is 0 Å². The average molecular weight is 162 g/mol. The molecule has 0 aromatic heterocycles. The molecule has 0 unspecified atom stereocenters. The minimum Gasteiger partial charge on any atom is -0.292 e. The number of ketones is 1. The maximum absolute atomic E-state index is 12.5. The molecule has 11 heavy (non-hydrogen) atoms. The third-order valence-electron chi connectivity index (χ3n) is 1.30. The van der Waals surface area contributed by atoms with Crippen molar-refractivity contribution in [3.63, 3.8) is 0 Å². The predicted molar refractivity (Wildman–Crippen MR) is 39.4 cm³/mol. The van der Waals surface area contributed by atoms with Crippen molar-refractivity contribution in [3.05, 3.63) is 11.7 Å². The standard InChI is InChI=1S/C8H12F2O/c1-3-4-5-7(9)8(10)6(2)11/h3-5H2,1-2H3. The Morgan fingerprint density at radius 1 is 1.36 bits per heavy atom. The third kappa shape index (κ3) is 3.86. The molecule has 0 aliphatic carbocycles. The van der Waals surface area contributed by atoms with Gasteiger partial charge in [-0.1, -0.05) is 13.3 Å². The summed E-state index contributed by atoms with van der Waals surface area (Å²) in [7, 11) is 0. The Bertz CT molecular complexity index is 173. The number of halogens is 2. The second-order valence-electron chi connectivity index (χ2n) is 2.38. The number of hydrogen-bond acceptors (Lipinski definition) is 1. The summed E-state index contributed by atoms with van der Waals surface area (Å²) >= 11 is 0. The quantitative estimate of drug-likeness (QED) is 0.581. The zero-order valence-electron chi connectivity index (χ0n) is 6.79. The molecule has 0 radical (unpaired) electrons. The van der Waals surface area contributed by atoms with Crippen LogP contribution in [0.15, 0.2) is 11.7 Å². The Kier molecular flexibility index (Phi) is 4.66. The van der Waals surface area contributed by atoms with E-state index >= 15 is 0 Å². The number of hydrogen-bond donors (Lipinski definition) is 0. The molecule has 0 atom stereocenters. The first kappa shape index (κ1) is 10.3. The molecule has 0 aliphatic heterocycles. The lowest BCUT2D eigenvalue weighted by atomic mass is 10.2. The largest absolute Gasteiger partial charge is 0.292 e. The fourth-order valence-electron chi connectivity index (χ4n) is 0.633. The summed E-state index contributed by atoms with van der Waals surface area (Å²) in [5.41, 5.74) is 0. The second kappa shape index (κ2) is 4.99. The third-order valence-corrected chi connectivity index (χ3v) is 1.30. The van der Waals surface area contributed by atoms with Crippen LogP contribution in [-0.4, -0.2) is 5.78 Å². The minimum atomic E-state index is -1.22. The highest BCUT2D eigenvalue weighted by Gasteiger charge is 2.09. The van der Waals surface area contributed by atoms with Crippen LogP contribution in [0.3, 0.4) is 0 Å². The number of rotatable bonds is 4. The van der Waals surface area contributed by atoms with Crippen LogP contribution in [-0.2, 0) is 4.79 Å². The zero-order valence-corrected chi connectivity index (χ0v) is 6.79. The highest BCUT2D eigenvalue weighted by molar-refractivity contribution is 5.91. The Labute approximate surface area is 65.1 Å². The van der Waals surface area contributed by atoms with Crippen molar-refractivity contribution in [2.24, 2.45) is 0 Å². The zero-order chi connectivity index (χ0) is 8.85. The molecule has 0 rings (SSSR count). The number of allylic oxidation sites excluding steroid dienone is 2. The van der Waals surface area contributed by atoms with E-state index < -0.39 is 17.4 Å². The Balaban J connectivity index is 4.05. The van der Waals surface area contributed by atoms with Crippen molar-refractivity contribution in [2.75, 3.05) is 0 Å². The molecule has 0 bridgehead atoms. The van der Waals surface area contributed by atoms with Crippen molar-refractivity contribution >= 4 is 5.78 Å². The maximum atomic E-state index is 12.5. The summed E-state index contributed by atoms with van der Waals surface area (Å²) in [4.78, 5) is 10.3. The number of unbranched alkanes of at least 4 members (excludes halogenated alkanes) is 1. The molecular formula is C8H12F2O. The van der Waals surface area contributed by atoms with Crippen molar-refractivity contribution in [2.45, 2.75) is 33.1 Å². The first-order valence-electron chi connectivity index (χ1n) is 3.64. The van der Waals surface area contributed by atoms with Crippen LogP contribution < -0.4 is 0 Å². The van der Waals surface area contributed by atoms with Crippen molar-refractivity contribution in [1.29, 1.82) is 0 Å². The maximum Gasteiger partial charge on any atom is 0.197 e. The van der Waals surface area contributed by atoms with Gasteiger partial charge >= 0.3 is 0 Å². The average Bonchev–Trinajstić information content (AvgIpc) is 1.98. The van der Waals surface area contributed by atoms with Gasteiger partial charge in [0, 0.05) is 13.3 Å². The molecule has 3 heteroatoms. The SMILES string of the molecule is CCCCC(F)=C(F)C(C)=O. The molecule has 0 aliphatic rings. The van der Waals surface area contributed by atoms with E-state index in [9.17, 15) is 13.6 Å². The Hall–Kier alpha value is -0.730. The molecule has 0 saturated heterocycles. The van der Waals surface area contributed by atoms with Gasteiger partial charge in [-0.25, -0.2) is 8.78 Å². The first-order chi connectivity index (χ1) is 5.09. The van der Waals surface area contributed by atoms with Crippen LogP contribution >= 0.6 is 0 Å². The van der Waals surface area contributed by atoms with Crippen LogP contribution in [0.1, 0.15) is 33.1 Å². The summed E-state index contributed by atoms with van der Waals surface area (Å²) in [5, 5.41) is 0. The van der Waals surface area contributed by atoms with Gasteiger partial charge in [-0.2, -0.15) is 0 Å². The fourth-order valence-corrected chi connectivity index (χ4v) is 0.633. The van der Waals surface area contributed by atoms with Crippen LogP contribution in [0.2, 0.25) is 0 Å². The molecule has 0 aromatic carbocycles. The van der Waals surface area contributed by atoms with E-state index in [1.165, 1.54) is 0 Å². The lowest BCUT2D eigenvalue weighted by Gasteiger charge is -1.95. The highest BCUT2D eigenvalue weighted by atomic mass is 19.2.